The first-order chi connectivity index (χ1) is 10.4. The van der Waals surface area contributed by atoms with Crippen LogP contribution in [0.2, 0.25) is 0 Å². The first-order valence-corrected chi connectivity index (χ1v) is 7.25. The van der Waals surface area contributed by atoms with Crippen molar-refractivity contribution in [1.82, 2.24) is 9.78 Å². The van der Waals surface area contributed by atoms with E-state index in [0.29, 0.717) is 17.4 Å². The zero-order valence-electron chi connectivity index (χ0n) is 11.1. The Bertz CT molecular complexity index is 643. The van der Waals surface area contributed by atoms with Gasteiger partial charge >= 0.3 is 6.18 Å². The van der Waals surface area contributed by atoms with Crippen LogP contribution >= 0.6 is 11.8 Å². The van der Waals surface area contributed by atoms with E-state index >= 15 is 0 Å². The van der Waals surface area contributed by atoms with E-state index in [1.54, 1.807) is 12.3 Å². The van der Waals surface area contributed by atoms with Gasteiger partial charge in [0, 0.05) is 12.4 Å². The highest BCUT2D eigenvalue weighted by Gasteiger charge is 2.27. The van der Waals surface area contributed by atoms with Crippen molar-refractivity contribution in [2.24, 2.45) is 0 Å². The molecule has 0 aliphatic rings. The van der Waals surface area contributed by atoms with Crippen LogP contribution in [0.15, 0.2) is 36.7 Å². The molecule has 0 saturated carbocycles. The van der Waals surface area contributed by atoms with E-state index in [0.717, 1.165) is 6.07 Å². The normalized spacial score (nSPS) is 11.5. The number of aromatic nitrogens is 2. The van der Waals surface area contributed by atoms with Crippen LogP contribution in [-0.2, 0) is 4.79 Å². The minimum absolute atomic E-state index is 0.121. The molecule has 0 bridgehead atoms. The number of nitrogens with zero attached hydrogens (tertiary/aromatic N) is 2. The van der Waals surface area contributed by atoms with Gasteiger partial charge < -0.3 is 5.32 Å². The fraction of sp³-hybridized carbons (Fsp3) is 0.231. The Morgan fingerprint density at radius 3 is 2.73 bits per heavy atom. The topological polar surface area (TPSA) is 46.9 Å². The number of alkyl halides is 3. The third-order valence-electron chi connectivity index (χ3n) is 2.51. The lowest BCUT2D eigenvalue weighted by Crippen LogP contribution is -2.19. The molecule has 2 aromatic rings. The molecule has 0 aliphatic carbocycles. The summed E-state index contributed by atoms with van der Waals surface area (Å²) in [6, 6.07) is 5.75. The Labute approximate surface area is 127 Å². The predicted octanol–water partition coefficient (Wildman–Crippen LogP) is 3.25. The number of hydrogen-bond donors (Lipinski definition) is 1. The molecule has 1 heterocycles. The highest BCUT2D eigenvalue weighted by atomic mass is 32.2. The van der Waals surface area contributed by atoms with Gasteiger partial charge in [-0.2, -0.15) is 18.3 Å². The van der Waals surface area contributed by atoms with Crippen molar-refractivity contribution < 1.29 is 22.4 Å². The van der Waals surface area contributed by atoms with Crippen LogP contribution in [0.5, 0.6) is 0 Å². The maximum Gasteiger partial charge on any atom is 0.397 e. The number of anilines is 1. The summed E-state index contributed by atoms with van der Waals surface area (Å²) >= 11 is 0.415. The summed E-state index contributed by atoms with van der Waals surface area (Å²) in [5, 5.41) is 6.23. The van der Waals surface area contributed by atoms with Crippen LogP contribution in [0.3, 0.4) is 0 Å². The molecule has 0 atom stereocenters. The molecule has 2 rings (SSSR count). The zero-order chi connectivity index (χ0) is 16.2. The van der Waals surface area contributed by atoms with E-state index in [9.17, 15) is 22.4 Å². The molecule has 1 N–H and O–H groups in total. The van der Waals surface area contributed by atoms with Crippen LogP contribution in [0.25, 0.3) is 5.69 Å². The fourth-order valence-electron chi connectivity index (χ4n) is 1.67. The lowest BCUT2D eigenvalue weighted by molar-refractivity contribution is -0.113. The first-order valence-electron chi connectivity index (χ1n) is 6.10. The number of benzene rings is 1. The van der Waals surface area contributed by atoms with Crippen LogP contribution in [0, 0.1) is 5.82 Å². The van der Waals surface area contributed by atoms with Crippen LogP contribution in [-0.4, -0.2) is 33.4 Å². The van der Waals surface area contributed by atoms with E-state index in [-0.39, 0.29) is 5.69 Å². The summed E-state index contributed by atoms with van der Waals surface area (Å²) in [5.74, 6) is -2.97. The molecular weight excluding hydrogens is 322 g/mol. The third kappa shape index (κ3) is 4.48. The van der Waals surface area contributed by atoms with Crippen molar-refractivity contribution in [2.75, 3.05) is 16.8 Å². The summed E-state index contributed by atoms with van der Waals surface area (Å²) in [7, 11) is 0. The highest BCUT2D eigenvalue weighted by molar-refractivity contribution is 8.00. The van der Waals surface area contributed by atoms with E-state index in [1.165, 1.54) is 23.0 Å². The van der Waals surface area contributed by atoms with E-state index in [4.69, 9.17) is 0 Å². The average molecular weight is 333 g/mol. The van der Waals surface area contributed by atoms with Crippen molar-refractivity contribution in [3.8, 4) is 5.69 Å². The van der Waals surface area contributed by atoms with Gasteiger partial charge in [-0.3, -0.25) is 4.79 Å². The van der Waals surface area contributed by atoms with Crippen LogP contribution in [0.1, 0.15) is 0 Å². The van der Waals surface area contributed by atoms with Gasteiger partial charge in [0.25, 0.3) is 0 Å². The van der Waals surface area contributed by atoms with Crippen molar-refractivity contribution in [3.05, 3.63) is 42.5 Å². The highest BCUT2D eigenvalue weighted by Crippen LogP contribution is 2.24. The van der Waals surface area contributed by atoms with Gasteiger partial charge in [-0.15, -0.1) is 11.8 Å². The molecule has 0 radical (unpaired) electrons. The third-order valence-corrected chi connectivity index (χ3v) is 3.50. The number of rotatable bonds is 5. The number of carbonyl (C=O) groups is 1. The molecule has 0 fully saturated rings. The maximum absolute atomic E-state index is 13.9. The second-order valence-electron chi connectivity index (χ2n) is 4.24. The SMILES string of the molecule is O=C(CSCC(F)(F)F)Nc1c(F)cccc1-n1cccn1. The standard InChI is InChI=1S/C13H11F4N3OS/c14-9-3-1-4-10(20-6-2-5-18-20)12(9)19-11(21)7-22-8-13(15,16)17/h1-6H,7-8H2,(H,19,21). The Kier molecular flexibility index (Phi) is 5.07. The summed E-state index contributed by atoms with van der Waals surface area (Å²) < 4.78 is 51.3. The minimum Gasteiger partial charge on any atom is -0.321 e. The van der Waals surface area contributed by atoms with Gasteiger partial charge in [0.2, 0.25) is 5.91 Å². The first kappa shape index (κ1) is 16.3. The summed E-state index contributed by atoms with van der Waals surface area (Å²) in [6.07, 6.45) is -1.30. The Hall–Kier alpha value is -2.03. The number of halogens is 4. The van der Waals surface area contributed by atoms with Crippen LogP contribution < -0.4 is 5.32 Å². The minimum atomic E-state index is -4.34. The second kappa shape index (κ2) is 6.82. The Balaban J connectivity index is 2.08. The van der Waals surface area contributed by atoms with Crippen molar-refractivity contribution in [2.45, 2.75) is 6.18 Å². The van der Waals surface area contributed by atoms with Gasteiger partial charge in [-0.05, 0) is 18.2 Å². The molecular formula is C13H11F4N3OS. The maximum atomic E-state index is 13.9. The summed E-state index contributed by atoms with van der Waals surface area (Å²) in [6.45, 7) is 0. The number of amides is 1. The predicted molar refractivity (Wildman–Crippen MR) is 75.5 cm³/mol. The van der Waals surface area contributed by atoms with Gasteiger partial charge in [-0.1, -0.05) is 6.07 Å². The van der Waals surface area contributed by atoms with Gasteiger partial charge in [0.15, 0.2) is 0 Å². The van der Waals surface area contributed by atoms with Gasteiger partial charge in [0.05, 0.1) is 17.2 Å². The van der Waals surface area contributed by atoms with E-state index < -0.39 is 29.4 Å². The molecule has 9 heteroatoms. The second-order valence-corrected chi connectivity index (χ2v) is 5.23. The van der Waals surface area contributed by atoms with E-state index in [1.807, 2.05) is 0 Å². The van der Waals surface area contributed by atoms with Gasteiger partial charge in [-0.25, -0.2) is 9.07 Å². The zero-order valence-corrected chi connectivity index (χ0v) is 11.9. The molecule has 0 spiro atoms. The number of thioether (sulfide) groups is 1. The molecule has 0 aliphatic heterocycles. The molecule has 118 valence electrons. The van der Waals surface area contributed by atoms with Crippen molar-refractivity contribution in [1.29, 1.82) is 0 Å². The molecule has 4 nitrogen and oxygen atoms in total. The van der Waals surface area contributed by atoms with Gasteiger partial charge in [0.1, 0.15) is 11.5 Å². The monoisotopic (exact) mass is 333 g/mol. The number of nitrogens with one attached hydrogen (secondary N) is 1. The van der Waals surface area contributed by atoms with Crippen molar-refractivity contribution in [3.63, 3.8) is 0 Å². The molecule has 0 unspecified atom stereocenters. The van der Waals surface area contributed by atoms with Crippen LogP contribution in [0.4, 0.5) is 23.2 Å². The van der Waals surface area contributed by atoms with E-state index in [2.05, 4.69) is 10.4 Å². The molecule has 1 aromatic carbocycles. The Morgan fingerprint density at radius 1 is 1.32 bits per heavy atom. The number of para-hydroxylation sites is 1. The molecule has 1 aromatic heterocycles. The summed E-state index contributed by atoms with van der Waals surface area (Å²) in [5.41, 5.74) is 0.169. The Morgan fingerprint density at radius 2 is 2.09 bits per heavy atom. The number of hydrogen-bond acceptors (Lipinski definition) is 3. The average Bonchev–Trinajstić information content (AvgIpc) is 2.93. The quantitative estimate of drug-likeness (QED) is 0.855. The largest absolute Gasteiger partial charge is 0.397 e. The fourth-order valence-corrected chi connectivity index (χ4v) is 2.26. The molecule has 1 amide bonds. The lowest BCUT2D eigenvalue weighted by Gasteiger charge is -2.12. The van der Waals surface area contributed by atoms with Crippen molar-refractivity contribution >= 4 is 23.4 Å². The lowest BCUT2D eigenvalue weighted by atomic mass is 10.2. The number of carbonyl (C=O) groups excluding carboxylic acids is 1. The summed E-state index contributed by atoms with van der Waals surface area (Å²) in [4.78, 5) is 11.7. The molecule has 22 heavy (non-hydrogen) atoms. The smallest absolute Gasteiger partial charge is 0.321 e. The molecule has 0 saturated heterocycles.